The second-order valence-corrected chi connectivity index (χ2v) is 4.56. The number of nitrogens with one attached hydrogen (secondary N) is 2. The fourth-order valence-corrected chi connectivity index (χ4v) is 1.88. The number of hydrogen-bond donors (Lipinski definition) is 2. The predicted octanol–water partition coefficient (Wildman–Crippen LogP) is 1.32. The van der Waals surface area contributed by atoms with Crippen molar-refractivity contribution in [2.24, 2.45) is 0 Å². The number of ether oxygens (including phenoxy) is 2. The minimum absolute atomic E-state index is 0.158. The monoisotopic (exact) mass is 264 g/mol. The van der Waals surface area contributed by atoms with Gasteiger partial charge in [-0.1, -0.05) is 12.1 Å². The molecule has 1 aromatic rings. The fraction of sp³-hybridized carbons (Fsp3) is 0.500. The lowest BCUT2D eigenvalue weighted by molar-refractivity contribution is -0.142. The molecule has 1 amide bonds. The highest BCUT2D eigenvalue weighted by Crippen LogP contribution is 2.16. The first-order valence-corrected chi connectivity index (χ1v) is 6.48. The van der Waals surface area contributed by atoms with Crippen LogP contribution in [0.2, 0.25) is 0 Å². The van der Waals surface area contributed by atoms with E-state index in [-0.39, 0.29) is 5.91 Å². The number of carbonyl (C=O) groups excluding carboxylic acids is 1. The van der Waals surface area contributed by atoms with Gasteiger partial charge in [-0.05, 0) is 31.7 Å². The van der Waals surface area contributed by atoms with E-state index in [1.165, 1.54) is 5.56 Å². The molecule has 2 atom stereocenters. The molecule has 0 spiro atoms. The van der Waals surface area contributed by atoms with Crippen LogP contribution >= 0.6 is 0 Å². The standard InChI is InChI=1S/C14H20N2O3/c1-10(15-2)11-3-5-12(6-4-11)16-14(17)13-9-18-7-8-19-13/h3-6,10,13,15H,7-9H2,1-2H3,(H,16,17). The van der Waals surface area contributed by atoms with Gasteiger partial charge in [0.15, 0.2) is 6.10 Å². The van der Waals surface area contributed by atoms with Crippen molar-refractivity contribution in [2.45, 2.75) is 19.1 Å². The predicted molar refractivity (Wildman–Crippen MR) is 73.1 cm³/mol. The molecule has 1 aliphatic rings. The molecule has 1 aromatic carbocycles. The summed E-state index contributed by atoms with van der Waals surface area (Å²) in [7, 11) is 1.92. The first-order valence-electron chi connectivity index (χ1n) is 6.48. The molecule has 1 heterocycles. The topological polar surface area (TPSA) is 59.6 Å². The lowest BCUT2D eigenvalue weighted by Gasteiger charge is -2.22. The summed E-state index contributed by atoms with van der Waals surface area (Å²) in [5, 5.41) is 6.00. The zero-order chi connectivity index (χ0) is 13.7. The van der Waals surface area contributed by atoms with E-state index in [4.69, 9.17) is 9.47 Å². The summed E-state index contributed by atoms with van der Waals surface area (Å²) in [6.45, 7) is 3.43. The molecule has 0 saturated carbocycles. The maximum Gasteiger partial charge on any atom is 0.255 e. The molecule has 1 fully saturated rings. The van der Waals surface area contributed by atoms with Crippen LogP contribution in [0, 0.1) is 0 Å². The van der Waals surface area contributed by atoms with Gasteiger partial charge in [-0.2, -0.15) is 0 Å². The van der Waals surface area contributed by atoms with Crippen LogP contribution in [0.15, 0.2) is 24.3 Å². The summed E-state index contributed by atoms with van der Waals surface area (Å²) in [5.41, 5.74) is 1.95. The van der Waals surface area contributed by atoms with Crippen molar-refractivity contribution in [2.75, 3.05) is 32.2 Å². The molecule has 2 N–H and O–H groups in total. The van der Waals surface area contributed by atoms with Gasteiger partial charge in [-0.25, -0.2) is 0 Å². The van der Waals surface area contributed by atoms with Gasteiger partial charge in [0.25, 0.3) is 5.91 Å². The molecule has 2 unspecified atom stereocenters. The average Bonchev–Trinajstić information content (AvgIpc) is 2.48. The first-order chi connectivity index (χ1) is 9.20. The number of anilines is 1. The maximum absolute atomic E-state index is 11.9. The average molecular weight is 264 g/mol. The minimum Gasteiger partial charge on any atom is -0.376 e. The fourth-order valence-electron chi connectivity index (χ4n) is 1.88. The van der Waals surface area contributed by atoms with Crippen molar-refractivity contribution in [3.05, 3.63) is 29.8 Å². The third kappa shape index (κ3) is 3.76. The van der Waals surface area contributed by atoms with Crippen LogP contribution in [-0.4, -0.2) is 38.9 Å². The van der Waals surface area contributed by atoms with E-state index in [1.54, 1.807) is 0 Å². The molecular weight excluding hydrogens is 244 g/mol. The highest BCUT2D eigenvalue weighted by molar-refractivity contribution is 5.94. The van der Waals surface area contributed by atoms with Crippen LogP contribution in [0.1, 0.15) is 18.5 Å². The van der Waals surface area contributed by atoms with Crippen LogP contribution in [0.3, 0.4) is 0 Å². The lowest BCUT2D eigenvalue weighted by atomic mass is 10.1. The lowest BCUT2D eigenvalue weighted by Crippen LogP contribution is -2.39. The summed E-state index contributed by atoms with van der Waals surface area (Å²) in [4.78, 5) is 11.9. The Morgan fingerprint density at radius 3 is 2.63 bits per heavy atom. The van der Waals surface area contributed by atoms with Gasteiger partial charge in [0.1, 0.15) is 0 Å². The van der Waals surface area contributed by atoms with Crippen LogP contribution in [-0.2, 0) is 14.3 Å². The van der Waals surface area contributed by atoms with E-state index in [1.807, 2.05) is 31.3 Å². The summed E-state index contributed by atoms with van der Waals surface area (Å²) in [6, 6.07) is 8.07. The first kappa shape index (κ1) is 14.0. The Morgan fingerprint density at radius 1 is 1.32 bits per heavy atom. The Balaban J connectivity index is 1.93. The minimum atomic E-state index is -0.510. The van der Waals surface area contributed by atoms with Crippen molar-refractivity contribution in [3.63, 3.8) is 0 Å². The highest BCUT2D eigenvalue weighted by atomic mass is 16.6. The Morgan fingerprint density at radius 2 is 2.05 bits per heavy atom. The molecule has 0 aromatic heterocycles. The number of carbonyl (C=O) groups is 1. The highest BCUT2D eigenvalue weighted by Gasteiger charge is 2.22. The molecule has 2 rings (SSSR count). The molecule has 0 radical (unpaired) electrons. The smallest absolute Gasteiger partial charge is 0.255 e. The zero-order valence-electron chi connectivity index (χ0n) is 11.3. The summed E-state index contributed by atoms with van der Waals surface area (Å²) >= 11 is 0. The van der Waals surface area contributed by atoms with Crippen LogP contribution in [0.25, 0.3) is 0 Å². The van der Waals surface area contributed by atoms with Crippen LogP contribution < -0.4 is 10.6 Å². The van der Waals surface area contributed by atoms with E-state index in [9.17, 15) is 4.79 Å². The molecule has 19 heavy (non-hydrogen) atoms. The van der Waals surface area contributed by atoms with E-state index in [0.717, 1.165) is 5.69 Å². The molecule has 0 bridgehead atoms. The Labute approximate surface area is 113 Å². The quantitative estimate of drug-likeness (QED) is 0.861. The normalized spacial score (nSPS) is 20.8. The Bertz CT molecular complexity index is 413. The van der Waals surface area contributed by atoms with Gasteiger partial charge < -0.3 is 20.1 Å². The number of amides is 1. The van der Waals surface area contributed by atoms with E-state index >= 15 is 0 Å². The molecule has 1 aliphatic heterocycles. The summed E-state index contributed by atoms with van der Waals surface area (Å²) in [6.07, 6.45) is -0.510. The number of hydrogen-bond acceptors (Lipinski definition) is 4. The van der Waals surface area contributed by atoms with Gasteiger partial charge in [-0.15, -0.1) is 0 Å². The number of rotatable bonds is 4. The van der Waals surface area contributed by atoms with E-state index < -0.39 is 6.10 Å². The third-order valence-electron chi connectivity index (χ3n) is 3.22. The Kier molecular flexibility index (Phi) is 4.90. The van der Waals surface area contributed by atoms with Crippen molar-refractivity contribution in [3.8, 4) is 0 Å². The molecular formula is C14H20N2O3. The second-order valence-electron chi connectivity index (χ2n) is 4.56. The molecule has 5 nitrogen and oxygen atoms in total. The molecule has 0 aliphatic carbocycles. The van der Waals surface area contributed by atoms with Crippen molar-refractivity contribution in [1.29, 1.82) is 0 Å². The van der Waals surface area contributed by atoms with Gasteiger partial charge in [0.05, 0.1) is 19.8 Å². The van der Waals surface area contributed by atoms with E-state index in [0.29, 0.717) is 25.9 Å². The van der Waals surface area contributed by atoms with Gasteiger partial charge in [0.2, 0.25) is 0 Å². The van der Waals surface area contributed by atoms with Crippen LogP contribution in [0.4, 0.5) is 5.69 Å². The molecule has 5 heteroatoms. The van der Waals surface area contributed by atoms with Gasteiger partial charge >= 0.3 is 0 Å². The molecule has 104 valence electrons. The van der Waals surface area contributed by atoms with Gasteiger partial charge in [-0.3, -0.25) is 4.79 Å². The van der Waals surface area contributed by atoms with Crippen molar-refractivity contribution in [1.82, 2.24) is 5.32 Å². The SMILES string of the molecule is CNC(C)c1ccc(NC(=O)C2COCCO2)cc1. The Hall–Kier alpha value is -1.43. The third-order valence-corrected chi connectivity index (χ3v) is 3.22. The van der Waals surface area contributed by atoms with Crippen molar-refractivity contribution < 1.29 is 14.3 Å². The number of benzene rings is 1. The summed E-state index contributed by atoms with van der Waals surface area (Å²) in [5.74, 6) is -0.158. The second kappa shape index (κ2) is 6.65. The summed E-state index contributed by atoms with van der Waals surface area (Å²) < 4.78 is 10.6. The molecule has 1 saturated heterocycles. The largest absolute Gasteiger partial charge is 0.376 e. The van der Waals surface area contributed by atoms with Crippen LogP contribution in [0.5, 0.6) is 0 Å². The maximum atomic E-state index is 11.9. The zero-order valence-corrected chi connectivity index (χ0v) is 11.3. The van der Waals surface area contributed by atoms with E-state index in [2.05, 4.69) is 17.6 Å². The van der Waals surface area contributed by atoms with Crippen molar-refractivity contribution >= 4 is 11.6 Å². The van der Waals surface area contributed by atoms with Gasteiger partial charge in [0, 0.05) is 11.7 Å².